The second-order valence-electron chi connectivity index (χ2n) is 5.91. The molecular weight excluding hydrogens is 322 g/mol. The van der Waals surface area contributed by atoms with Crippen LogP contribution in [0.1, 0.15) is 12.0 Å². The lowest BCUT2D eigenvalue weighted by Gasteiger charge is -2.23. The molecule has 2 aromatic rings. The quantitative estimate of drug-likeness (QED) is 0.636. The zero-order chi connectivity index (χ0) is 18.2. The van der Waals surface area contributed by atoms with Crippen molar-refractivity contribution < 1.29 is 24.9 Å². The Kier molecular flexibility index (Phi) is 6.91. The number of aliphatic hydroxyl groups is 2. The van der Waals surface area contributed by atoms with Crippen molar-refractivity contribution in [1.82, 2.24) is 4.90 Å². The number of amides is 1. The van der Waals surface area contributed by atoms with Crippen molar-refractivity contribution in [2.45, 2.75) is 12.8 Å². The largest absolute Gasteiger partial charge is 0.481 e. The van der Waals surface area contributed by atoms with E-state index < -0.39 is 11.9 Å². The van der Waals surface area contributed by atoms with Crippen LogP contribution in [0.4, 0.5) is 0 Å². The van der Waals surface area contributed by atoms with Crippen LogP contribution in [0.5, 0.6) is 0 Å². The maximum absolute atomic E-state index is 12.3. The molecule has 134 valence electrons. The van der Waals surface area contributed by atoms with Gasteiger partial charge in [-0.1, -0.05) is 42.5 Å². The molecule has 0 aliphatic rings. The summed E-state index contributed by atoms with van der Waals surface area (Å²) in [7, 11) is 0. The normalized spacial score (nSPS) is 12.1. The average molecular weight is 345 g/mol. The van der Waals surface area contributed by atoms with Gasteiger partial charge in [0.2, 0.25) is 5.91 Å². The third-order valence-electron chi connectivity index (χ3n) is 4.21. The first-order valence-corrected chi connectivity index (χ1v) is 8.25. The zero-order valence-electron chi connectivity index (χ0n) is 14.0. The van der Waals surface area contributed by atoms with Gasteiger partial charge in [-0.2, -0.15) is 0 Å². The van der Waals surface area contributed by atoms with Crippen LogP contribution in [0.25, 0.3) is 10.8 Å². The molecule has 1 amide bonds. The van der Waals surface area contributed by atoms with Gasteiger partial charge in [-0.15, -0.1) is 0 Å². The fraction of sp³-hybridized carbons (Fsp3) is 0.368. The van der Waals surface area contributed by atoms with Crippen LogP contribution in [-0.2, 0) is 16.0 Å². The number of aliphatic carboxylic acids is 1. The molecule has 2 aromatic carbocycles. The lowest BCUT2D eigenvalue weighted by atomic mass is 9.92. The van der Waals surface area contributed by atoms with Gasteiger partial charge in [0, 0.05) is 19.5 Å². The molecule has 0 aliphatic carbocycles. The molecule has 0 radical (unpaired) electrons. The van der Waals surface area contributed by atoms with Crippen LogP contribution in [0, 0.1) is 5.92 Å². The van der Waals surface area contributed by atoms with E-state index >= 15 is 0 Å². The maximum Gasteiger partial charge on any atom is 0.307 e. The van der Waals surface area contributed by atoms with Gasteiger partial charge < -0.3 is 20.2 Å². The molecule has 3 N–H and O–H groups in total. The number of carbonyl (C=O) groups is 2. The van der Waals surface area contributed by atoms with E-state index in [4.69, 9.17) is 10.2 Å². The summed E-state index contributed by atoms with van der Waals surface area (Å²) in [4.78, 5) is 25.3. The summed E-state index contributed by atoms with van der Waals surface area (Å²) in [5, 5.41) is 29.6. The predicted octanol–water partition coefficient (Wildman–Crippen LogP) is 1.29. The number of carboxylic acid groups (broad SMARTS) is 1. The second kappa shape index (κ2) is 9.15. The molecule has 2 rings (SSSR count). The zero-order valence-corrected chi connectivity index (χ0v) is 14.0. The minimum Gasteiger partial charge on any atom is -0.481 e. The number of fused-ring (bicyclic) bond motifs is 1. The molecule has 0 fully saturated rings. The fourth-order valence-corrected chi connectivity index (χ4v) is 2.93. The van der Waals surface area contributed by atoms with E-state index in [0.717, 1.165) is 16.3 Å². The van der Waals surface area contributed by atoms with Crippen LogP contribution in [0.2, 0.25) is 0 Å². The lowest BCUT2D eigenvalue weighted by molar-refractivity contribution is -0.146. The Morgan fingerprint density at radius 3 is 2.24 bits per heavy atom. The number of hydrogen-bond acceptors (Lipinski definition) is 4. The Hall–Kier alpha value is -2.44. The van der Waals surface area contributed by atoms with Crippen molar-refractivity contribution in [3.8, 4) is 0 Å². The summed E-state index contributed by atoms with van der Waals surface area (Å²) in [5.74, 6) is -2.27. The molecule has 0 heterocycles. The molecule has 25 heavy (non-hydrogen) atoms. The van der Waals surface area contributed by atoms with E-state index in [1.54, 1.807) is 0 Å². The molecule has 0 bridgehead atoms. The van der Waals surface area contributed by atoms with Crippen LogP contribution in [-0.4, -0.2) is 58.4 Å². The molecule has 1 atom stereocenters. The maximum atomic E-state index is 12.3. The molecule has 6 nitrogen and oxygen atoms in total. The van der Waals surface area contributed by atoms with Gasteiger partial charge in [0.05, 0.1) is 19.1 Å². The van der Waals surface area contributed by atoms with Crippen molar-refractivity contribution in [3.63, 3.8) is 0 Å². The summed E-state index contributed by atoms with van der Waals surface area (Å²) in [6.07, 6.45) is 0.0765. The van der Waals surface area contributed by atoms with Crippen molar-refractivity contribution in [2.24, 2.45) is 5.92 Å². The first kappa shape index (κ1) is 18.9. The molecule has 0 aromatic heterocycles. The number of nitrogens with zero attached hydrogens (tertiary/aromatic N) is 1. The van der Waals surface area contributed by atoms with Gasteiger partial charge in [0.15, 0.2) is 0 Å². The van der Waals surface area contributed by atoms with Crippen molar-refractivity contribution >= 4 is 22.6 Å². The summed E-state index contributed by atoms with van der Waals surface area (Å²) < 4.78 is 0. The predicted molar refractivity (Wildman–Crippen MR) is 94.1 cm³/mol. The van der Waals surface area contributed by atoms with Gasteiger partial charge in [0.25, 0.3) is 0 Å². The van der Waals surface area contributed by atoms with Crippen LogP contribution in [0.15, 0.2) is 42.5 Å². The van der Waals surface area contributed by atoms with E-state index in [1.807, 2.05) is 42.5 Å². The van der Waals surface area contributed by atoms with Crippen molar-refractivity contribution in [2.75, 3.05) is 26.3 Å². The van der Waals surface area contributed by atoms with Crippen LogP contribution >= 0.6 is 0 Å². The third-order valence-corrected chi connectivity index (χ3v) is 4.21. The summed E-state index contributed by atoms with van der Waals surface area (Å²) in [6.45, 7) is -0.292. The van der Waals surface area contributed by atoms with E-state index in [9.17, 15) is 14.7 Å². The summed E-state index contributed by atoms with van der Waals surface area (Å²) in [6, 6.07) is 13.4. The third kappa shape index (κ3) is 5.01. The summed E-state index contributed by atoms with van der Waals surface area (Å²) >= 11 is 0. The minimum atomic E-state index is -1.03. The van der Waals surface area contributed by atoms with E-state index in [2.05, 4.69) is 0 Å². The topological polar surface area (TPSA) is 98.1 Å². The second-order valence-corrected chi connectivity index (χ2v) is 5.91. The molecule has 0 spiro atoms. The molecular formula is C19H23NO5. The van der Waals surface area contributed by atoms with Crippen molar-refractivity contribution in [3.05, 3.63) is 48.0 Å². The van der Waals surface area contributed by atoms with Crippen molar-refractivity contribution in [1.29, 1.82) is 0 Å². The Balaban J connectivity index is 2.18. The van der Waals surface area contributed by atoms with Gasteiger partial charge in [0.1, 0.15) is 0 Å². The lowest BCUT2D eigenvalue weighted by Crippen LogP contribution is -2.38. The molecule has 6 heteroatoms. The number of benzene rings is 2. The standard InChI is InChI=1S/C19H23NO5/c21-10-8-20(9-11-22)18(23)13-16(19(24)25)12-15-6-3-5-14-4-1-2-7-17(14)15/h1-7,16,21-22H,8-13H2,(H,24,25). The van der Waals surface area contributed by atoms with E-state index in [-0.39, 0.29) is 45.1 Å². The highest BCUT2D eigenvalue weighted by Crippen LogP contribution is 2.23. The minimum absolute atomic E-state index is 0.0833. The summed E-state index contributed by atoms with van der Waals surface area (Å²) in [5.41, 5.74) is 0.883. The monoisotopic (exact) mass is 345 g/mol. The number of carboxylic acids is 1. The molecule has 1 unspecified atom stereocenters. The Labute approximate surface area is 146 Å². The highest BCUT2D eigenvalue weighted by atomic mass is 16.4. The van der Waals surface area contributed by atoms with Gasteiger partial charge in [-0.3, -0.25) is 9.59 Å². The highest BCUT2D eigenvalue weighted by Gasteiger charge is 2.25. The fourth-order valence-electron chi connectivity index (χ4n) is 2.93. The van der Waals surface area contributed by atoms with E-state index in [0.29, 0.717) is 0 Å². The first-order chi connectivity index (χ1) is 12.1. The Bertz CT molecular complexity index is 719. The number of rotatable bonds is 9. The Morgan fingerprint density at radius 1 is 0.960 bits per heavy atom. The van der Waals surface area contributed by atoms with Gasteiger partial charge in [-0.05, 0) is 22.8 Å². The van der Waals surface area contributed by atoms with Gasteiger partial charge >= 0.3 is 5.97 Å². The number of aliphatic hydroxyl groups excluding tert-OH is 2. The molecule has 0 saturated carbocycles. The highest BCUT2D eigenvalue weighted by molar-refractivity contribution is 5.87. The number of carbonyl (C=O) groups excluding carboxylic acids is 1. The average Bonchev–Trinajstić information content (AvgIpc) is 2.61. The molecule has 0 saturated heterocycles. The van der Waals surface area contributed by atoms with Crippen LogP contribution < -0.4 is 0 Å². The van der Waals surface area contributed by atoms with Crippen LogP contribution in [0.3, 0.4) is 0 Å². The van der Waals surface area contributed by atoms with E-state index in [1.165, 1.54) is 4.90 Å². The number of hydrogen-bond donors (Lipinski definition) is 3. The molecule has 0 aliphatic heterocycles. The van der Waals surface area contributed by atoms with Gasteiger partial charge in [-0.25, -0.2) is 0 Å². The SMILES string of the molecule is O=C(O)C(CC(=O)N(CCO)CCO)Cc1cccc2ccccc12. The first-order valence-electron chi connectivity index (χ1n) is 8.25. The smallest absolute Gasteiger partial charge is 0.307 e. The Morgan fingerprint density at radius 2 is 1.60 bits per heavy atom.